The molecule has 0 fully saturated rings. The van der Waals surface area contributed by atoms with E-state index in [1.165, 1.54) is 30.2 Å². The van der Waals surface area contributed by atoms with Gasteiger partial charge >= 0.3 is 0 Å². The second-order valence-electron chi connectivity index (χ2n) is 5.93. The Hall–Kier alpha value is -2.78. The van der Waals surface area contributed by atoms with E-state index >= 15 is 0 Å². The standard InChI is InChI=1S/C19H15FN4O2S2/c20-14-6-8-15(9-7-14)24-18-17(12-23-24)19(22-13-21-18)27-10-11-28(25,26)16-4-2-1-3-5-16/h1-9,12-13H,10-11H2. The first-order valence-corrected chi connectivity index (χ1v) is 11.0. The fourth-order valence-electron chi connectivity index (χ4n) is 2.70. The third-order valence-electron chi connectivity index (χ3n) is 4.09. The van der Waals surface area contributed by atoms with Gasteiger partial charge in [0.2, 0.25) is 0 Å². The summed E-state index contributed by atoms with van der Waals surface area (Å²) in [6, 6.07) is 14.3. The summed E-state index contributed by atoms with van der Waals surface area (Å²) < 4.78 is 39.6. The topological polar surface area (TPSA) is 77.7 Å². The molecule has 4 rings (SSSR count). The smallest absolute Gasteiger partial charge is 0.179 e. The van der Waals surface area contributed by atoms with Crippen LogP contribution in [0.2, 0.25) is 0 Å². The Morgan fingerprint density at radius 1 is 1.00 bits per heavy atom. The van der Waals surface area contributed by atoms with Crippen LogP contribution in [0.15, 0.2) is 77.0 Å². The molecular formula is C19H15FN4O2S2. The maximum absolute atomic E-state index is 13.2. The van der Waals surface area contributed by atoms with Gasteiger partial charge in [-0.1, -0.05) is 18.2 Å². The molecule has 0 bridgehead atoms. The lowest BCUT2D eigenvalue weighted by Crippen LogP contribution is -2.08. The van der Waals surface area contributed by atoms with E-state index in [1.54, 1.807) is 53.3 Å². The number of rotatable bonds is 6. The average molecular weight is 414 g/mol. The van der Waals surface area contributed by atoms with Crippen LogP contribution < -0.4 is 0 Å². The highest BCUT2D eigenvalue weighted by molar-refractivity contribution is 8.00. The van der Waals surface area contributed by atoms with E-state index in [2.05, 4.69) is 15.1 Å². The third kappa shape index (κ3) is 3.76. The molecule has 2 aromatic carbocycles. The quantitative estimate of drug-likeness (QED) is 0.355. The second kappa shape index (κ2) is 7.69. The Balaban J connectivity index is 1.54. The van der Waals surface area contributed by atoms with E-state index in [-0.39, 0.29) is 11.6 Å². The van der Waals surface area contributed by atoms with E-state index in [4.69, 9.17) is 0 Å². The monoisotopic (exact) mass is 414 g/mol. The summed E-state index contributed by atoms with van der Waals surface area (Å²) in [5.41, 5.74) is 1.26. The lowest BCUT2D eigenvalue weighted by molar-refractivity contribution is 0.597. The fraction of sp³-hybridized carbons (Fsp3) is 0.105. The molecule has 0 spiro atoms. The van der Waals surface area contributed by atoms with Gasteiger partial charge in [-0.15, -0.1) is 11.8 Å². The number of halogens is 1. The highest BCUT2D eigenvalue weighted by Crippen LogP contribution is 2.26. The summed E-state index contributed by atoms with van der Waals surface area (Å²) in [7, 11) is -3.35. The zero-order valence-corrected chi connectivity index (χ0v) is 16.2. The van der Waals surface area contributed by atoms with Crippen molar-refractivity contribution in [1.29, 1.82) is 0 Å². The molecule has 0 aliphatic carbocycles. The summed E-state index contributed by atoms with van der Waals surface area (Å²) in [6.07, 6.45) is 3.05. The van der Waals surface area contributed by atoms with E-state index in [0.29, 0.717) is 32.4 Å². The Morgan fingerprint density at radius 2 is 1.75 bits per heavy atom. The molecule has 0 amide bonds. The van der Waals surface area contributed by atoms with Gasteiger partial charge in [0.25, 0.3) is 0 Å². The van der Waals surface area contributed by atoms with Crippen LogP contribution >= 0.6 is 11.8 Å². The molecule has 0 aliphatic heterocycles. The average Bonchev–Trinajstić information content (AvgIpc) is 3.14. The van der Waals surface area contributed by atoms with Crippen LogP contribution in [0.1, 0.15) is 0 Å². The number of sulfone groups is 1. The van der Waals surface area contributed by atoms with Gasteiger partial charge in [-0.05, 0) is 36.4 Å². The van der Waals surface area contributed by atoms with E-state index in [1.807, 2.05) is 0 Å². The Labute approximate surface area is 165 Å². The zero-order chi connectivity index (χ0) is 19.6. The molecule has 0 radical (unpaired) electrons. The van der Waals surface area contributed by atoms with Gasteiger partial charge in [0.05, 0.1) is 27.9 Å². The Bertz CT molecular complexity index is 1210. The first-order valence-electron chi connectivity index (χ1n) is 8.40. The van der Waals surface area contributed by atoms with Crippen molar-refractivity contribution >= 4 is 32.6 Å². The van der Waals surface area contributed by atoms with Crippen LogP contribution in [0.5, 0.6) is 0 Å². The number of thioether (sulfide) groups is 1. The maximum Gasteiger partial charge on any atom is 0.179 e. The van der Waals surface area contributed by atoms with Crippen molar-refractivity contribution in [3.63, 3.8) is 0 Å². The van der Waals surface area contributed by atoms with E-state index in [9.17, 15) is 12.8 Å². The number of aromatic nitrogens is 4. The first-order chi connectivity index (χ1) is 13.5. The second-order valence-corrected chi connectivity index (χ2v) is 9.12. The molecule has 2 heterocycles. The summed E-state index contributed by atoms with van der Waals surface area (Å²) in [5.74, 6) is 0.0235. The SMILES string of the molecule is O=S(=O)(CCSc1ncnc2c1cnn2-c1ccc(F)cc1)c1ccccc1. The van der Waals surface area contributed by atoms with Crippen molar-refractivity contribution in [3.05, 3.63) is 72.9 Å². The molecule has 0 saturated carbocycles. The summed E-state index contributed by atoms with van der Waals surface area (Å²) >= 11 is 1.34. The van der Waals surface area contributed by atoms with Crippen LogP contribution in [-0.2, 0) is 9.84 Å². The van der Waals surface area contributed by atoms with Crippen LogP contribution in [0.4, 0.5) is 4.39 Å². The molecular weight excluding hydrogens is 399 g/mol. The molecule has 0 unspecified atom stereocenters. The zero-order valence-electron chi connectivity index (χ0n) is 14.6. The van der Waals surface area contributed by atoms with Gasteiger partial charge < -0.3 is 0 Å². The van der Waals surface area contributed by atoms with Crippen molar-refractivity contribution in [2.24, 2.45) is 0 Å². The van der Waals surface area contributed by atoms with Crippen LogP contribution in [0.3, 0.4) is 0 Å². The minimum Gasteiger partial charge on any atom is -0.229 e. The fourth-order valence-corrected chi connectivity index (χ4v) is 5.34. The van der Waals surface area contributed by atoms with E-state index < -0.39 is 9.84 Å². The molecule has 6 nitrogen and oxygen atoms in total. The minimum atomic E-state index is -3.35. The number of nitrogens with zero attached hydrogens (tertiary/aromatic N) is 4. The molecule has 0 N–H and O–H groups in total. The lowest BCUT2D eigenvalue weighted by atomic mass is 10.3. The van der Waals surface area contributed by atoms with Crippen LogP contribution in [0.25, 0.3) is 16.7 Å². The number of benzene rings is 2. The van der Waals surface area contributed by atoms with Crippen molar-refractivity contribution in [2.45, 2.75) is 9.92 Å². The highest BCUT2D eigenvalue weighted by Gasteiger charge is 2.16. The predicted octanol–water partition coefficient (Wildman–Crippen LogP) is 3.52. The molecule has 4 aromatic rings. The highest BCUT2D eigenvalue weighted by atomic mass is 32.2. The molecule has 0 saturated heterocycles. The maximum atomic E-state index is 13.2. The number of hydrogen-bond acceptors (Lipinski definition) is 6. The van der Waals surface area contributed by atoms with Crippen molar-refractivity contribution in [1.82, 2.24) is 19.7 Å². The van der Waals surface area contributed by atoms with Gasteiger partial charge in [0, 0.05) is 5.75 Å². The molecule has 142 valence electrons. The lowest BCUT2D eigenvalue weighted by Gasteiger charge is -2.05. The minimum absolute atomic E-state index is 0.000719. The van der Waals surface area contributed by atoms with Crippen LogP contribution in [0, 0.1) is 5.82 Å². The van der Waals surface area contributed by atoms with Gasteiger partial charge in [0.1, 0.15) is 17.2 Å². The normalized spacial score (nSPS) is 11.8. The molecule has 9 heteroatoms. The predicted molar refractivity (Wildman–Crippen MR) is 106 cm³/mol. The largest absolute Gasteiger partial charge is 0.229 e. The summed E-state index contributed by atoms with van der Waals surface area (Å²) in [6.45, 7) is 0. The van der Waals surface area contributed by atoms with Crippen LogP contribution in [-0.4, -0.2) is 39.7 Å². The van der Waals surface area contributed by atoms with E-state index in [0.717, 1.165) is 0 Å². The van der Waals surface area contributed by atoms with Crippen molar-refractivity contribution in [2.75, 3.05) is 11.5 Å². The Morgan fingerprint density at radius 3 is 2.50 bits per heavy atom. The number of fused-ring (bicyclic) bond motifs is 1. The molecule has 0 atom stereocenters. The molecule has 28 heavy (non-hydrogen) atoms. The summed E-state index contributed by atoms with van der Waals surface area (Å²) in [5, 5.41) is 5.69. The Kier molecular flexibility index (Phi) is 5.10. The van der Waals surface area contributed by atoms with Gasteiger partial charge in [-0.2, -0.15) is 5.10 Å². The third-order valence-corrected chi connectivity index (χ3v) is 7.09. The van der Waals surface area contributed by atoms with Gasteiger partial charge in [-0.3, -0.25) is 0 Å². The molecule has 2 aromatic heterocycles. The summed E-state index contributed by atoms with van der Waals surface area (Å²) in [4.78, 5) is 8.85. The first kappa shape index (κ1) is 18.6. The van der Waals surface area contributed by atoms with Gasteiger partial charge in [-0.25, -0.2) is 27.5 Å². The molecule has 0 aliphatic rings. The van der Waals surface area contributed by atoms with Crippen molar-refractivity contribution in [3.8, 4) is 5.69 Å². The number of hydrogen-bond donors (Lipinski definition) is 0. The van der Waals surface area contributed by atoms with Crippen molar-refractivity contribution < 1.29 is 12.8 Å². The van der Waals surface area contributed by atoms with Gasteiger partial charge in [0.15, 0.2) is 15.5 Å².